The van der Waals surface area contributed by atoms with Gasteiger partial charge in [-0.2, -0.15) is 4.98 Å². The maximum atomic E-state index is 15.7. The molecule has 0 spiro atoms. The highest BCUT2D eigenvalue weighted by Gasteiger charge is 2.59. The van der Waals surface area contributed by atoms with E-state index in [-0.39, 0.29) is 11.6 Å². The average Bonchev–Trinajstić information content (AvgIpc) is 3.02. The van der Waals surface area contributed by atoms with Crippen LogP contribution in [0, 0.1) is 23.0 Å². The summed E-state index contributed by atoms with van der Waals surface area (Å²) >= 11 is 5.37. The molecule has 8 nitrogen and oxygen atoms in total. The van der Waals surface area contributed by atoms with Gasteiger partial charge in [-0.05, 0) is 24.4 Å². The number of nitrogens with one attached hydrogen (secondary N) is 1. The lowest BCUT2D eigenvalue weighted by atomic mass is 9.85. The summed E-state index contributed by atoms with van der Waals surface area (Å²) in [5.41, 5.74) is 1.79. The molecule has 0 bridgehead atoms. The van der Waals surface area contributed by atoms with E-state index in [2.05, 4.69) is 15.9 Å². The summed E-state index contributed by atoms with van der Waals surface area (Å²) in [5.74, 6) is -0.436. The Bertz CT molecular complexity index is 966. The van der Waals surface area contributed by atoms with Gasteiger partial charge in [0.2, 0.25) is 11.6 Å². The summed E-state index contributed by atoms with van der Waals surface area (Å²) in [7, 11) is 0. The Kier molecular flexibility index (Phi) is 4.66. The van der Waals surface area contributed by atoms with Gasteiger partial charge in [0.15, 0.2) is 17.7 Å². The molecule has 0 saturated carbocycles. The number of aliphatic hydroxyl groups excluding tert-OH is 2. The summed E-state index contributed by atoms with van der Waals surface area (Å²) in [6, 6.07) is 0. The van der Waals surface area contributed by atoms with Crippen molar-refractivity contribution in [1.29, 1.82) is 0 Å². The summed E-state index contributed by atoms with van der Waals surface area (Å²) < 4.78 is 36.5. The van der Waals surface area contributed by atoms with Crippen molar-refractivity contribution in [3.05, 3.63) is 22.4 Å². The van der Waals surface area contributed by atoms with E-state index < -0.39 is 53.4 Å². The van der Waals surface area contributed by atoms with Crippen molar-refractivity contribution in [1.82, 2.24) is 14.5 Å². The van der Waals surface area contributed by atoms with E-state index in [0.29, 0.717) is 0 Å². The molecule has 1 saturated heterocycles. The van der Waals surface area contributed by atoms with Crippen LogP contribution in [0.15, 0.2) is 11.0 Å². The molecule has 0 radical (unpaired) electrons. The van der Waals surface area contributed by atoms with Crippen molar-refractivity contribution >= 4 is 28.6 Å². The van der Waals surface area contributed by atoms with Gasteiger partial charge in [-0.25, -0.2) is 8.78 Å². The molecule has 2 aromatic heterocycles. The molecular weight excluding hydrogens is 374 g/mol. The van der Waals surface area contributed by atoms with Gasteiger partial charge in [0.1, 0.15) is 5.39 Å². The molecule has 3 rings (SSSR count). The number of rotatable bonds is 3. The van der Waals surface area contributed by atoms with Crippen LogP contribution in [0.3, 0.4) is 0 Å². The van der Waals surface area contributed by atoms with Crippen LogP contribution in [0.25, 0.3) is 11.0 Å². The van der Waals surface area contributed by atoms with Crippen LogP contribution in [0.5, 0.6) is 0 Å². The number of hydrogen-bond acceptors (Lipinski definition) is 6. The van der Waals surface area contributed by atoms with Crippen LogP contribution in [0.2, 0.25) is 0 Å². The number of H-pyrrole nitrogens is 1. The maximum Gasteiger partial charge on any atom is 0.264 e. The van der Waals surface area contributed by atoms with Crippen molar-refractivity contribution in [2.75, 3.05) is 12.3 Å². The van der Waals surface area contributed by atoms with E-state index in [1.54, 1.807) is 0 Å². The lowest BCUT2D eigenvalue weighted by molar-refractivity contribution is -0.0730. The number of aliphatic hydroxyl groups is 2. The highest BCUT2D eigenvalue weighted by Crippen LogP contribution is 2.47. The first-order valence-corrected chi connectivity index (χ1v) is 7.94. The van der Waals surface area contributed by atoms with Crippen molar-refractivity contribution in [3.63, 3.8) is 0 Å². The number of hydrogen-bond donors (Lipinski definition) is 4. The molecule has 5 atom stereocenters. The topological polar surface area (TPSA) is 126 Å². The number of alkyl halides is 1. The lowest BCUT2D eigenvalue weighted by Crippen LogP contribution is -2.41. The van der Waals surface area contributed by atoms with Gasteiger partial charge in [-0.15, -0.1) is 0 Å². The Morgan fingerprint density at radius 3 is 2.92 bits per heavy atom. The first-order chi connectivity index (χ1) is 12.2. The molecule has 11 heteroatoms. The minimum absolute atomic E-state index is 0.268. The van der Waals surface area contributed by atoms with Crippen LogP contribution in [0.4, 0.5) is 14.7 Å². The number of aromatic amines is 1. The van der Waals surface area contributed by atoms with E-state index in [0.717, 1.165) is 10.8 Å². The number of nitrogens with two attached hydrogens (primary N) is 1. The Hall–Kier alpha value is -2.19. The molecule has 5 N–H and O–H groups in total. The van der Waals surface area contributed by atoms with Crippen molar-refractivity contribution in [2.45, 2.75) is 31.0 Å². The second kappa shape index (κ2) is 6.51. The minimum atomic E-state index is -2.59. The van der Waals surface area contributed by atoms with Crippen LogP contribution in [0.1, 0.15) is 13.2 Å². The molecule has 1 aliphatic heterocycles. The second-order valence-electron chi connectivity index (χ2n) is 6.00. The standard InChI is InChI=1S/C15H15ClF2N4O4/c1-6(24)10-7(5-23)15(18,2-3-16)13(26-10)22-4-8(17)9-11(22)20-14(19)21-12(9)25/h4,6-7,10,13,23-24H,5H2,1H3,(H3,19,20,21,25)/t6-,7?,10+,13+,15?/m0/s1. The number of ether oxygens (including phenoxy) is 1. The number of halogens is 3. The number of nitrogen functional groups attached to an aromatic ring is 1. The zero-order valence-electron chi connectivity index (χ0n) is 13.4. The Morgan fingerprint density at radius 1 is 1.65 bits per heavy atom. The third kappa shape index (κ3) is 2.64. The maximum absolute atomic E-state index is 15.7. The van der Waals surface area contributed by atoms with Gasteiger partial charge >= 0.3 is 0 Å². The molecule has 1 fully saturated rings. The number of nitrogens with zero attached hydrogens (tertiary/aromatic N) is 2. The van der Waals surface area contributed by atoms with Crippen LogP contribution in [-0.4, -0.2) is 49.2 Å². The van der Waals surface area contributed by atoms with E-state index in [1.165, 1.54) is 6.92 Å². The summed E-state index contributed by atoms with van der Waals surface area (Å²) in [6.45, 7) is 0.630. The van der Waals surface area contributed by atoms with E-state index >= 15 is 4.39 Å². The number of aromatic nitrogens is 3. The van der Waals surface area contributed by atoms with E-state index in [9.17, 15) is 19.4 Å². The van der Waals surface area contributed by atoms with Gasteiger partial charge in [0.05, 0.1) is 24.7 Å². The molecular formula is C15H15ClF2N4O4. The molecule has 140 valence electrons. The van der Waals surface area contributed by atoms with Crippen molar-refractivity contribution in [2.24, 2.45) is 5.92 Å². The molecule has 0 aliphatic carbocycles. The Morgan fingerprint density at radius 2 is 2.35 bits per heavy atom. The average molecular weight is 389 g/mol. The zero-order valence-corrected chi connectivity index (χ0v) is 14.2. The zero-order chi connectivity index (χ0) is 19.2. The van der Waals surface area contributed by atoms with Crippen LogP contribution >= 0.6 is 11.6 Å². The highest BCUT2D eigenvalue weighted by molar-refractivity contribution is 6.30. The number of anilines is 1. The molecule has 26 heavy (non-hydrogen) atoms. The fraction of sp³-hybridized carbons (Fsp3) is 0.467. The predicted molar refractivity (Wildman–Crippen MR) is 88.4 cm³/mol. The molecule has 0 amide bonds. The molecule has 2 aromatic rings. The largest absolute Gasteiger partial charge is 0.396 e. The Balaban J connectivity index is 2.26. The Labute approximate surface area is 150 Å². The van der Waals surface area contributed by atoms with E-state index in [4.69, 9.17) is 22.1 Å². The van der Waals surface area contributed by atoms with Gasteiger partial charge < -0.3 is 20.7 Å². The normalized spacial score (nSPS) is 29.5. The van der Waals surface area contributed by atoms with Gasteiger partial charge in [0.25, 0.3) is 5.56 Å². The number of fused-ring (bicyclic) bond motifs is 1. The highest BCUT2D eigenvalue weighted by atomic mass is 35.5. The predicted octanol–water partition coefficient (Wildman–Crippen LogP) is 0.241. The van der Waals surface area contributed by atoms with Gasteiger partial charge in [-0.1, -0.05) is 0 Å². The molecule has 2 unspecified atom stereocenters. The summed E-state index contributed by atoms with van der Waals surface area (Å²) in [4.78, 5) is 17.9. The first-order valence-electron chi connectivity index (χ1n) is 7.56. The summed E-state index contributed by atoms with van der Waals surface area (Å²) in [6.07, 6.45) is -3.14. The SMILES string of the molecule is C[C@H](O)[C@H]1O[C@@H](n2cc(F)c3c(=O)[nH]c(N)nc32)C(F)(C#CCl)C1CO. The third-order valence-corrected chi connectivity index (χ3v) is 4.49. The monoisotopic (exact) mass is 388 g/mol. The lowest BCUT2D eigenvalue weighted by Gasteiger charge is -2.26. The smallest absolute Gasteiger partial charge is 0.264 e. The third-order valence-electron chi connectivity index (χ3n) is 4.40. The summed E-state index contributed by atoms with van der Waals surface area (Å²) in [5, 5.41) is 20.9. The quantitative estimate of drug-likeness (QED) is 0.558. The van der Waals surface area contributed by atoms with Gasteiger partial charge in [0, 0.05) is 11.6 Å². The first kappa shape index (κ1) is 18.6. The minimum Gasteiger partial charge on any atom is -0.396 e. The fourth-order valence-electron chi connectivity index (χ4n) is 3.25. The fourth-order valence-corrected chi connectivity index (χ4v) is 3.40. The van der Waals surface area contributed by atoms with E-state index in [1.807, 2.05) is 5.38 Å². The second-order valence-corrected chi connectivity index (χ2v) is 6.19. The van der Waals surface area contributed by atoms with Crippen LogP contribution in [-0.2, 0) is 4.74 Å². The molecule has 3 heterocycles. The van der Waals surface area contributed by atoms with Gasteiger partial charge in [-0.3, -0.25) is 14.3 Å². The van der Waals surface area contributed by atoms with Crippen molar-refractivity contribution < 1.29 is 23.7 Å². The van der Waals surface area contributed by atoms with Crippen molar-refractivity contribution in [3.8, 4) is 11.3 Å². The van der Waals surface area contributed by atoms with Crippen LogP contribution < -0.4 is 11.3 Å². The molecule has 0 aromatic carbocycles. The molecule has 1 aliphatic rings.